The minimum absolute atomic E-state index is 0.240. The Kier molecular flexibility index (Phi) is 2.51. The first-order chi connectivity index (χ1) is 6.06. The molecule has 0 atom stereocenters. The number of aromatic carboxylic acids is 1. The molecule has 0 fully saturated rings. The smallest absolute Gasteiger partial charge is 0.336 e. The molecule has 0 unspecified atom stereocenters. The minimum atomic E-state index is -0.957. The Morgan fingerprint density at radius 2 is 2.31 bits per heavy atom. The molecule has 1 rings (SSSR count). The molecular weight excluding hydrogens is 168 g/mol. The number of carbonyl (C=O) groups is 1. The largest absolute Gasteiger partial charge is 0.478 e. The van der Waals surface area contributed by atoms with Crippen molar-refractivity contribution < 1.29 is 9.90 Å². The van der Waals surface area contributed by atoms with Gasteiger partial charge in [0.25, 0.3) is 0 Å². The van der Waals surface area contributed by atoms with Gasteiger partial charge in [-0.25, -0.2) is 9.78 Å². The van der Waals surface area contributed by atoms with Crippen LogP contribution in [-0.4, -0.2) is 16.1 Å². The van der Waals surface area contributed by atoms with Gasteiger partial charge < -0.3 is 10.8 Å². The van der Waals surface area contributed by atoms with E-state index >= 15 is 0 Å². The lowest BCUT2D eigenvalue weighted by atomic mass is 10.1. The van der Waals surface area contributed by atoms with E-state index in [1.165, 1.54) is 6.07 Å². The Hall–Kier alpha value is -1.58. The average Bonchev–Trinajstić information content (AvgIpc) is 2.08. The van der Waals surface area contributed by atoms with Crippen LogP contribution in [0.4, 0.5) is 5.82 Å². The lowest BCUT2D eigenvalue weighted by molar-refractivity contribution is 0.0696. The highest BCUT2D eigenvalue weighted by atomic mass is 16.4. The molecule has 70 valence electrons. The van der Waals surface area contributed by atoms with Gasteiger partial charge in [0, 0.05) is 5.69 Å². The summed E-state index contributed by atoms with van der Waals surface area (Å²) in [6.45, 7) is 3.66. The normalized spacial score (nSPS) is 10.0. The number of carboxylic acid groups (broad SMARTS) is 1. The Labute approximate surface area is 76.4 Å². The van der Waals surface area contributed by atoms with Crippen molar-refractivity contribution in [1.29, 1.82) is 0 Å². The monoisotopic (exact) mass is 180 g/mol. The van der Waals surface area contributed by atoms with Gasteiger partial charge in [0.2, 0.25) is 0 Å². The molecule has 0 radical (unpaired) electrons. The summed E-state index contributed by atoms with van der Waals surface area (Å²) in [5, 5.41) is 8.83. The maximum Gasteiger partial charge on any atom is 0.336 e. The molecule has 0 aliphatic heterocycles. The summed E-state index contributed by atoms with van der Waals surface area (Å²) < 4.78 is 0. The average molecular weight is 180 g/mol. The standard InChI is InChI=1S/C9H12N2O2/c1-3-7-5(2)6(9(12)13)4-8(10)11-7/h4H,3H2,1-2H3,(H2,10,11)(H,12,13). The maximum absolute atomic E-state index is 10.8. The Balaban J connectivity index is 3.35. The van der Waals surface area contributed by atoms with Crippen molar-refractivity contribution in [3.8, 4) is 0 Å². The number of anilines is 1. The van der Waals surface area contributed by atoms with Gasteiger partial charge in [-0.1, -0.05) is 6.92 Å². The summed E-state index contributed by atoms with van der Waals surface area (Å²) in [6.07, 6.45) is 0.692. The number of nitrogen functional groups attached to an aromatic ring is 1. The van der Waals surface area contributed by atoms with Gasteiger partial charge in [-0.05, 0) is 25.0 Å². The fourth-order valence-corrected chi connectivity index (χ4v) is 1.25. The third-order valence-electron chi connectivity index (χ3n) is 1.96. The molecule has 3 N–H and O–H groups in total. The van der Waals surface area contributed by atoms with E-state index in [9.17, 15) is 4.79 Å². The third kappa shape index (κ3) is 1.77. The third-order valence-corrected chi connectivity index (χ3v) is 1.96. The zero-order chi connectivity index (χ0) is 10.0. The molecule has 1 heterocycles. The molecule has 1 aromatic heterocycles. The Morgan fingerprint density at radius 3 is 2.77 bits per heavy atom. The highest BCUT2D eigenvalue weighted by Crippen LogP contribution is 2.15. The Morgan fingerprint density at radius 1 is 1.69 bits per heavy atom. The summed E-state index contributed by atoms with van der Waals surface area (Å²) in [5.41, 5.74) is 7.15. The first-order valence-electron chi connectivity index (χ1n) is 4.05. The van der Waals surface area contributed by atoms with Gasteiger partial charge in [0.15, 0.2) is 0 Å². The van der Waals surface area contributed by atoms with Crippen molar-refractivity contribution in [2.24, 2.45) is 0 Å². The predicted molar refractivity (Wildman–Crippen MR) is 49.7 cm³/mol. The van der Waals surface area contributed by atoms with Crippen LogP contribution in [-0.2, 0) is 6.42 Å². The van der Waals surface area contributed by atoms with E-state index < -0.39 is 5.97 Å². The molecule has 0 aromatic carbocycles. The van der Waals surface area contributed by atoms with Crippen LogP contribution in [0.15, 0.2) is 6.07 Å². The molecule has 0 aliphatic rings. The van der Waals surface area contributed by atoms with Crippen LogP contribution >= 0.6 is 0 Å². The first-order valence-corrected chi connectivity index (χ1v) is 4.05. The number of aryl methyl sites for hydroxylation is 1. The van der Waals surface area contributed by atoms with Crippen molar-refractivity contribution in [3.05, 3.63) is 22.9 Å². The SMILES string of the molecule is CCc1nc(N)cc(C(=O)O)c1C. The minimum Gasteiger partial charge on any atom is -0.478 e. The second-order valence-corrected chi connectivity index (χ2v) is 2.83. The van der Waals surface area contributed by atoms with Crippen LogP contribution in [0.1, 0.15) is 28.5 Å². The summed E-state index contributed by atoms with van der Waals surface area (Å²) in [5.74, 6) is -0.693. The molecule has 0 saturated heterocycles. The first kappa shape index (κ1) is 9.51. The second kappa shape index (κ2) is 3.43. The summed E-state index contributed by atoms with van der Waals surface area (Å²) in [6, 6.07) is 1.39. The molecule has 0 saturated carbocycles. The lowest BCUT2D eigenvalue weighted by Crippen LogP contribution is -2.07. The van der Waals surface area contributed by atoms with E-state index in [0.29, 0.717) is 12.0 Å². The molecular formula is C9H12N2O2. The molecule has 13 heavy (non-hydrogen) atoms. The number of nitrogens with two attached hydrogens (primary N) is 1. The zero-order valence-electron chi connectivity index (χ0n) is 7.66. The molecule has 0 aliphatic carbocycles. The van der Waals surface area contributed by atoms with Gasteiger partial charge in [0.05, 0.1) is 5.56 Å². The van der Waals surface area contributed by atoms with E-state index in [1.807, 2.05) is 6.92 Å². The highest BCUT2D eigenvalue weighted by Gasteiger charge is 2.11. The van der Waals surface area contributed by atoms with Crippen LogP contribution in [0.3, 0.4) is 0 Å². The summed E-state index contributed by atoms with van der Waals surface area (Å²) in [4.78, 5) is 14.8. The van der Waals surface area contributed by atoms with Crippen molar-refractivity contribution in [2.75, 3.05) is 5.73 Å². The molecule has 4 heteroatoms. The van der Waals surface area contributed by atoms with Crippen molar-refractivity contribution in [2.45, 2.75) is 20.3 Å². The molecule has 0 bridgehead atoms. The lowest BCUT2D eigenvalue weighted by Gasteiger charge is -2.06. The van der Waals surface area contributed by atoms with Crippen molar-refractivity contribution >= 4 is 11.8 Å². The van der Waals surface area contributed by atoms with Crippen LogP contribution in [0, 0.1) is 6.92 Å². The molecule has 0 spiro atoms. The second-order valence-electron chi connectivity index (χ2n) is 2.83. The van der Waals surface area contributed by atoms with Crippen molar-refractivity contribution in [3.63, 3.8) is 0 Å². The number of carboxylic acids is 1. The van der Waals surface area contributed by atoms with Gasteiger partial charge in [-0.2, -0.15) is 0 Å². The van der Waals surface area contributed by atoms with Crippen LogP contribution in [0.5, 0.6) is 0 Å². The van der Waals surface area contributed by atoms with E-state index in [2.05, 4.69) is 4.98 Å². The van der Waals surface area contributed by atoms with E-state index in [1.54, 1.807) is 6.92 Å². The van der Waals surface area contributed by atoms with E-state index in [-0.39, 0.29) is 11.4 Å². The molecule has 4 nitrogen and oxygen atoms in total. The van der Waals surface area contributed by atoms with Crippen LogP contribution in [0.25, 0.3) is 0 Å². The summed E-state index contributed by atoms with van der Waals surface area (Å²) >= 11 is 0. The fraction of sp³-hybridized carbons (Fsp3) is 0.333. The number of aromatic nitrogens is 1. The Bertz CT molecular complexity index is 348. The predicted octanol–water partition coefficient (Wildman–Crippen LogP) is 1.23. The van der Waals surface area contributed by atoms with Gasteiger partial charge in [0.1, 0.15) is 5.82 Å². The number of hydrogen-bond acceptors (Lipinski definition) is 3. The van der Waals surface area contributed by atoms with Gasteiger partial charge >= 0.3 is 5.97 Å². The highest BCUT2D eigenvalue weighted by molar-refractivity contribution is 5.90. The zero-order valence-corrected chi connectivity index (χ0v) is 7.66. The number of pyridine rings is 1. The quantitative estimate of drug-likeness (QED) is 0.717. The summed E-state index contributed by atoms with van der Waals surface area (Å²) in [7, 11) is 0. The van der Waals surface area contributed by atoms with Crippen molar-refractivity contribution in [1.82, 2.24) is 4.98 Å². The number of rotatable bonds is 2. The van der Waals surface area contributed by atoms with Gasteiger partial charge in [-0.3, -0.25) is 0 Å². The molecule has 1 aromatic rings. The number of hydrogen-bond donors (Lipinski definition) is 2. The van der Waals surface area contributed by atoms with Gasteiger partial charge in [-0.15, -0.1) is 0 Å². The fourth-order valence-electron chi connectivity index (χ4n) is 1.25. The van der Waals surface area contributed by atoms with Crippen LogP contribution in [0.2, 0.25) is 0 Å². The number of nitrogens with zero attached hydrogens (tertiary/aromatic N) is 1. The molecule has 0 amide bonds. The van der Waals surface area contributed by atoms with Crippen LogP contribution < -0.4 is 5.73 Å². The van der Waals surface area contributed by atoms with E-state index in [0.717, 1.165) is 5.69 Å². The van der Waals surface area contributed by atoms with E-state index in [4.69, 9.17) is 10.8 Å². The topological polar surface area (TPSA) is 76.2 Å². The maximum atomic E-state index is 10.8.